The maximum Gasteiger partial charge on any atom is 0.269 e. The summed E-state index contributed by atoms with van der Waals surface area (Å²) in [6, 6.07) is 11.9. The number of carbonyl (C=O) groups is 4. The van der Waals surface area contributed by atoms with Gasteiger partial charge in [-0.05, 0) is 61.6 Å². The van der Waals surface area contributed by atoms with E-state index in [2.05, 4.69) is 20.7 Å². The smallest absolute Gasteiger partial charge is 0.269 e. The number of nitrogens with two attached hydrogens (primary N) is 1. The Morgan fingerprint density at radius 2 is 1.93 bits per heavy atom. The van der Waals surface area contributed by atoms with E-state index >= 15 is 0 Å². The highest BCUT2D eigenvalue weighted by Gasteiger charge is 2.51. The number of carbonyl (C=O) groups excluding carboxylic acids is 4. The normalized spacial score (nSPS) is 19.0. The minimum atomic E-state index is -0.794. The molecule has 1 saturated heterocycles. The topological polar surface area (TPSA) is 152 Å². The lowest BCUT2D eigenvalue weighted by atomic mass is 9.97. The lowest BCUT2D eigenvalue weighted by Crippen LogP contribution is -2.53. The Morgan fingerprint density at radius 3 is 2.70 bits per heavy atom. The van der Waals surface area contributed by atoms with Crippen molar-refractivity contribution in [1.82, 2.24) is 25.0 Å². The Bertz CT molecular complexity index is 1760. The molecule has 1 aliphatic heterocycles. The molecule has 0 spiro atoms. The lowest BCUT2D eigenvalue weighted by molar-refractivity contribution is -0.143. The number of amides is 4. The minimum absolute atomic E-state index is 0.0142. The van der Waals surface area contributed by atoms with E-state index in [1.165, 1.54) is 16.9 Å². The summed E-state index contributed by atoms with van der Waals surface area (Å²) in [6.45, 7) is -0.298. The van der Waals surface area contributed by atoms with Crippen LogP contribution in [0.2, 0.25) is 5.02 Å². The predicted octanol–water partition coefficient (Wildman–Crippen LogP) is 3.27. The van der Waals surface area contributed by atoms with Crippen molar-refractivity contribution in [2.75, 3.05) is 5.32 Å². The van der Waals surface area contributed by atoms with Crippen LogP contribution in [0.25, 0.3) is 10.9 Å². The standard InChI is InChI=1S/C30H27ClFN7O4/c31-22-5-1-3-17(25(22)32)14-35-30(43)27-16-6-8-20(11-16)39(27)24(40)15-38-23-9-7-19(12-21(23)26(37-38)28(33)41)36-29(42)18-4-2-10-34-13-18/h1-5,7,9-10,12-13,16,20,27H,6,8,11,14-15H2,(H2,33,41)(H,35,43)(H,36,42)/t16-,20+,27-/m0/s1. The third-order valence-electron chi connectivity index (χ3n) is 8.08. The zero-order chi connectivity index (χ0) is 30.2. The molecule has 0 unspecified atom stereocenters. The summed E-state index contributed by atoms with van der Waals surface area (Å²) in [7, 11) is 0. The fraction of sp³-hybridized carbons (Fsp3) is 0.267. The van der Waals surface area contributed by atoms with Crippen molar-refractivity contribution in [1.29, 1.82) is 0 Å². The number of benzene rings is 2. The number of hydrogen-bond acceptors (Lipinski definition) is 6. The summed E-state index contributed by atoms with van der Waals surface area (Å²) in [5, 5.41) is 10.2. The number of fused-ring (bicyclic) bond motifs is 3. The van der Waals surface area contributed by atoms with Crippen LogP contribution in [0.3, 0.4) is 0 Å². The van der Waals surface area contributed by atoms with E-state index < -0.39 is 17.8 Å². The monoisotopic (exact) mass is 603 g/mol. The summed E-state index contributed by atoms with van der Waals surface area (Å²) in [5.74, 6) is -2.49. The minimum Gasteiger partial charge on any atom is -0.364 e. The fourth-order valence-corrected chi connectivity index (χ4v) is 6.32. The van der Waals surface area contributed by atoms with E-state index in [0.717, 1.165) is 12.8 Å². The van der Waals surface area contributed by atoms with Crippen molar-refractivity contribution in [2.45, 2.75) is 44.4 Å². The summed E-state index contributed by atoms with van der Waals surface area (Å²) in [5.41, 5.74) is 7.02. The predicted molar refractivity (Wildman–Crippen MR) is 155 cm³/mol. The van der Waals surface area contributed by atoms with Gasteiger partial charge in [-0.2, -0.15) is 5.10 Å². The molecule has 2 aromatic heterocycles. The Morgan fingerprint density at radius 1 is 1.09 bits per heavy atom. The number of likely N-dealkylation sites (tertiary alicyclic amines) is 1. The number of hydrogen-bond donors (Lipinski definition) is 3. The zero-order valence-corrected chi connectivity index (χ0v) is 23.6. The molecule has 0 radical (unpaired) electrons. The largest absolute Gasteiger partial charge is 0.364 e. The molecule has 2 aliphatic rings. The number of nitrogens with zero attached hydrogens (tertiary/aromatic N) is 4. The summed E-state index contributed by atoms with van der Waals surface area (Å²) < 4.78 is 15.7. The first-order valence-electron chi connectivity index (χ1n) is 13.7. The molecule has 4 aromatic rings. The van der Waals surface area contributed by atoms with Gasteiger partial charge in [-0.3, -0.25) is 28.8 Å². The highest BCUT2D eigenvalue weighted by atomic mass is 35.5. The number of anilines is 1. The first-order chi connectivity index (χ1) is 20.7. The van der Waals surface area contributed by atoms with Crippen molar-refractivity contribution in [2.24, 2.45) is 11.7 Å². The number of halogens is 2. The van der Waals surface area contributed by atoms with Gasteiger partial charge in [0.05, 0.1) is 16.1 Å². The molecule has 2 bridgehead atoms. The van der Waals surface area contributed by atoms with Gasteiger partial charge in [0.2, 0.25) is 11.8 Å². The molecule has 11 nitrogen and oxygen atoms in total. The number of nitrogens with one attached hydrogen (secondary N) is 2. The molecule has 1 saturated carbocycles. The lowest BCUT2D eigenvalue weighted by Gasteiger charge is -2.34. The Balaban J connectivity index is 1.21. The molecule has 4 N–H and O–H groups in total. The van der Waals surface area contributed by atoms with Crippen molar-refractivity contribution < 1.29 is 23.6 Å². The average molecular weight is 604 g/mol. The quantitative estimate of drug-likeness (QED) is 0.281. The van der Waals surface area contributed by atoms with Crippen LogP contribution in [0, 0.1) is 11.7 Å². The van der Waals surface area contributed by atoms with E-state index in [-0.39, 0.29) is 59.1 Å². The molecular formula is C30H27ClFN7O4. The highest BCUT2D eigenvalue weighted by molar-refractivity contribution is 6.30. The summed E-state index contributed by atoms with van der Waals surface area (Å²) in [6.07, 6.45) is 5.27. The maximum atomic E-state index is 14.4. The molecule has 43 heavy (non-hydrogen) atoms. The van der Waals surface area contributed by atoms with Crippen LogP contribution in [-0.2, 0) is 22.7 Å². The first-order valence-corrected chi connectivity index (χ1v) is 14.1. The molecule has 4 amide bonds. The molecule has 3 heterocycles. The van der Waals surface area contributed by atoms with Gasteiger partial charge in [0.1, 0.15) is 18.4 Å². The molecule has 3 atom stereocenters. The van der Waals surface area contributed by atoms with Crippen molar-refractivity contribution >= 4 is 51.8 Å². The van der Waals surface area contributed by atoms with Gasteiger partial charge in [-0.25, -0.2) is 4.39 Å². The number of pyridine rings is 1. The Labute approximate surface area is 250 Å². The van der Waals surface area contributed by atoms with Crippen molar-refractivity contribution in [3.63, 3.8) is 0 Å². The van der Waals surface area contributed by atoms with Gasteiger partial charge in [0, 0.05) is 41.6 Å². The number of aromatic nitrogens is 3. The van der Waals surface area contributed by atoms with Crippen LogP contribution < -0.4 is 16.4 Å². The second-order valence-electron chi connectivity index (χ2n) is 10.7. The van der Waals surface area contributed by atoms with Gasteiger partial charge < -0.3 is 21.3 Å². The van der Waals surface area contributed by atoms with Crippen LogP contribution in [0.15, 0.2) is 60.9 Å². The Kier molecular flexibility index (Phi) is 7.53. The molecule has 1 aliphatic carbocycles. The van der Waals surface area contributed by atoms with E-state index in [1.54, 1.807) is 53.6 Å². The zero-order valence-electron chi connectivity index (χ0n) is 22.8. The summed E-state index contributed by atoms with van der Waals surface area (Å²) >= 11 is 5.87. The van der Waals surface area contributed by atoms with Crippen molar-refractivity contribution in [3.05, 3.63) is 88.6 Å². The van der Waals surface area contributed by atoms with E-state index in [4.69, 9.17) is 17.3 Å². The van der Waals surface area contributed by atoms with E-state index in [9.17, 15) is 23.6 Å². The highest BCUT2D eigenvalue weighted by Crippen LogP contribution is 2.43. The van der Waals surface area contributed by atoms with Gasteiger partial charge in [-0.15, -0.1) is 0 Å². The molecule has 6 rings (SSSR count). The average Bonchev–Trinajstić information content (AvgIpc) is 3.72. The molecule has 2 fully saturated rings. The van der Waals surface area contributed by atoms with Crippen LogP contribution in [-0.4, -0.2) is 55.4 Å². The van der Waals surface area contributed by atoms with Gasteiger partial charge >= 0.3 is 0 Å². The van der Waals surface area contributed by atoms with Crippen molar-refractivity contribution in [3.8, 4) is 0 Å². The first kappa shape index (κ1) is 28.3. The van der Waals surface area contributed by atoms with Crippen LogP contribution in [0.5, 0.6) is 0 Å². The fourth-order valence-electron chi connectivity index (χ4n) is 6.13. The number of primary amides is 1. The molecule has 220 valence electrons. The molecule has 2 aromatic carbocycles. The second kappa shape index (κ2) is 11.4. The second-order valence-corrected chi connectivity index (χ2v) is 11.1. The van der Waals surface area contributed by atoms with Gasteiger partial charge in [-0.1, -0.05) is 23.7 Å². The third kappa shape index (κ3) is 5.41. The van der Waals surface area contributed by atoms with Crippen LogP contribution in [0.1, 0.15) is 45.7 Å². The molecule has 13 heteroatoms. The maximum absolute atomic E-state index is 14.4. The molecular weight excluding hydrogens is 577 g/mol. The van der Waals surface area contributed by atoms with E-state index in [0.29, 0.717) is 28.6 Å². The van der Waals surface area contributed by atoms with Gasteiger partial charge in [0.15, 0.2) is 5.69 Å². The van der Waals surface area contributed by atoms with Crippen LogP contribution in [0.4, 0.5) is 10.1 Å². The third-order valence-corrected chi connectivity index (χ3v) is 8.37. The SMILES string of the molecule is NC(=O)c1nn(CC(=O)N2[C@@H]3CC[C@@H](C3)[C@H]2C(=O)NCc2cccc(Cl)c2F)c2ccc(NC(=O)c3cccnc3)cc12. The summed E-state index contributed by atoms with van der Waals surface area (Å²) in [4.78, 5) is 57.4. The van der Waals surface area contributed by atoms with Crippen LogP contribution >= 0.6 is 11.6 Å². The Hall–Kier alpha value is -4.84. The number of piperidine rings is 1. The van der Waals surface area contributed by atoms with Gasteiger partial charge in [0.25, 0.3) is 11.8 Å². The number of rotatable bonds is 8. The van der Waals surface area contributed by atoms with E-state index in [1.807, 2.05) is 0 Å².